The lowest BCUT2D eigenvalue weighted by Gasteiger charge is -2.40. The van der Waals surface area contributed by atoms with Gasteiger partial charge >= 0.3 is 0 Å². The first kappa shape index (κ1) is 30.2. The monoisotopic (exact) mass is 667 g/mol. The molecule has 0 saturated carbocycles. The first-order chi connectivity index (χ1) is 25.3. The van der Waals surface area contributed by atoms with E-state index < -0.39 is 0 Å². The van der Waals surface area contributed by atoms with Crippen LogP contribution in [0.15, 0.2) is 144 Å². The van der Waals surface area contributed by atoms with E-state index in [0.717, 1.165) is 32.1 Å². The summed E-state index contributed by atoms with van der Waals surface area (Å²) in [5.74, 6) is 1.56. The largest absolute Gasteiger partial charge is 0.361 e. The highest BCUT2D eigenvalue weighted by atomic mass is 15.3. The number of rotatable bonds is 4. The first-order valence-corrected chi connectivity index (χ1v) is 20.1. The molecule has 3 heterocycles. The fraction of sp³-hybridized carbons (Fsp3) is 0.375. The van der Waals surface area contributed by atoms with Crippen LogP contribution in [-0.2, 0) is 0 Å². The Morgan fingerprint density at radius 2 is 1.22 bits per heavy atom. The molecular formula is C48H49N3. The van der Waals surface area contributed by atoms with Gasteiger partial charge in [-0.25, -0.2) is 0 Å². The van der Waals surface area contributed by atoms with Crippen molar-refractivity contribution in [2.24, 2.45) is 5.92 Å². The molecule has 3 heteroatoms. The SMILES string of the molecule is C1=CCCC(N2C3=C(C=CC(N4c5ccc(-c6ccc7c(c6)C6C=CCCC6N7C6=CC=CCC6)cc5C5C=CCCC54)C3)C3CCC=CC32)=C1. The maximum absolute atomic E-state index is 2.85. The average molecular weight is 668 g/mol. The summed E-state index contributed by atoms with van der Waals surface area (Å²) in [4.78, 5) is 8.32. The van der Waals surface area contributed by atoms with Crippen LogP contribution in [-0.4, -0.2) is 29.1 Å². The normalized spacial score (nSPS) is 32.4. The van der Waals surface area contributed by atoms with E-state index >= 15 is 0 Å². The Hall–Kier alpha value is -4.50. The topological polar surface area (TPSA) is 9.72 Å². The van der Waals surface area contributed by atoms with Gasteiger partial charge in [-0.1, -0.05) is 85.0 Å². The summed E-state index contributed by atoms with van der Waals surface area (Å²) in [6.45, 7) is 0. The second-order valence-corrected chi connectivity index (χ2v) is 16.3. The zero-order chi connectivity index (χ0) is 33.5. The molecule has 2 aromatic carbocycles. The van der Waals surface area contributed by atoms with Gasteiger partial charge in [-0.05, 0) is 128 Å². The van der Waals surface area contributed by atoms with Crippen molar-refractivity contribution in [1.82, 2.24) is 4.90 Å². The Morgan fingerprint density at radius 3 is 1.96 bits per heavy atom. The summed E-state index contributed by atoms with van der Waals surface area (Å²) in [7, 11) is 0. The predicted octanol–water partition coefficient (Wildman–Crippen LogP) is 11.3. The number of benzene rings is 2. The Balaban J connectivity index is 0.941. The summed E-state index contributed by atoms with van der Waals surface area (Å²) in [5, 5.41) is 0. The number of nitrogens with zero attached hydrogens (tertiary/aromatic N) is 3. The summed E-state index contributed by atoms with van der Waals surface area (Å²) in [6.07, 6.45) is 46.9. The van der Waals surface area contributed by atoms with Crippen LogP contribution in [0.1, 0.15) is 93.6 Å². The van der Waals surface area contributed by atoms with Crippen molar-refractivity contribution in [3.8, 4) is 11.1 Å². The molecule has 0 aromatic heterocycles. The molecular weight excluding hydrogens is 619 g/mol. The molecule has 0 fully saturated rings. The maximum Gasteiger partial charge on any atom is 0.0585 e. The summed E-state index contributed by atoms with van der Waals surface area (Å²) >= 11 is 0. The van der Waals surface area contributed by atoms with Crippen LogP contribution in [0.25, 0.3) is 11.1 Å². The van der Waals surface area contributed by atoms with E-state index in [4.69, 9.17) is 0 Å². The van der Waals surface area contributed by atoms with Gasteiger partial charge in [-0.15, -0.1) is 0 Å². The van der Waals surface area contributed by atoms with Gasteiger partial charge in [0.15, 0.2) is 0 Å². The molecule has 2 aromatic rings. The lowest BCUT2D eigenvalue weighted by Crippen LogP contribution is -2.43. The number of allylic oxidation sites excluding steroid dienone is 12. The zero-order valence-corrected chi connectivity index (χ0v) is 29.7. The van der Waals surface area contributed by atoms with E-state index in [0.29, 0.717) is 41.9 Å². The smallest absolute Gasteiger partial charge is 0.0585 e. The first-order valence-electron chi connectivity index (χ1n) is 20.1. The highest BCUT2D eigenvalue weighted by Gasteiger charge is 2.46. The van der Waals surface area contributed by atoms with Crippen molar-refractivity contribution in [3.05, 3.63) is 155 Å². The van der Waals surface area contributed by atoms with E-state index in [9.17, 15) is 0 Å². The minimum absolute atomic E-state index is 0.381. The van der Waals surface area contributed by atoms with Gasteiger partial charge < -0.3 is 14.7 Å². The van der Waals surface area contributed by atoms with Gasteiger partial charge in [0.25, 0.3) is 0 Å². The summed E-state index contributed by atoms with van der Waals surface area (Å²) in [6, 6.07) is 16.8. The molecule has 0 amide bonds. The third-order valence-electron chi connectivity index (χ3n) is 13.7. The third kappa shape index (κ3) is 4.69. The highest BCUT2D eigenvalue weighted by molar-refractivity contribution is 5.78. The van der Waals surface area contributed by atoms with Crippen molar-refractivity contribution in [1.29, 1.82) is 0 Å². The van der Waals surface area contributed by atoms with Crippen LogP contribution >= 0.6 is 0 Å². The molecule has 7 atom stereocenters. The van der Waals surface area contributed by atoms with Crippen molar-refractivity contribution < 1.29 is 0 Å². The van der Waals surface area contributed by atoms with Crippen LogP contribution in [0.4, 0.5) is 11.4 Å². The Morgan fingerprint density at radius 1 is 0.569 bits per heavy atom. The fourth-order valence-electron chi connectivity index (χ4n) is 11.5. The molecule has 0 N–H and O–H groups in total. The molecule has 11 rings (SSSR count). The summed E-state index contributed by atoms with van der Waals surface area (Å²) in [5.41, 5.74) is 14.9. The van der Waals surface area contributed by atoms with Crippen molar-refractivity contribution in [2.75, 3.05) is 9.80 Å². The minimum Gasteiger partial charge on any atom is -0.361 e. The second-order valence-electron chi connectivity index (χ2n) is 16.3. The molecule has 7 unspecified atom stereocenters. The fourth-order valence-corrected chi connectivity index (χ4v) is 11.5. The van der Waals surface area contributed by atoms with Crippen molar-refractivity contribution >= 4 is 11.4 Å². The average Bonchev–Trinajstić information content (AvgIpc) is 3.83. The quantitative estimate of drug-likeness (QED) is 0.301. The van der Waals surface area contributed by atoms with E-state index in [1.807, 2.05) is 0 Å². The van der Waals surface area contributed by atoms with Crippen molar-refractivity contribution in [2.45, 2.75) is 107 Å². The number of fused-ring (bicyclic) bond motifs is 8. The minimum atomic E-state index is 0.381. The molecule has 51 heavy (non-hydrogen) atoms. The van der Waals surface area contributed by atoms with E-state index in [-0.39, 0.29) is 0 Å². The maximum atomic E-state index is 2.85. The lowest BCUT2D eigenvalue weighted by molar-refractivity contribution is 0.305. The van der Waals surface area contributed by atoms with Crippen LogP contribution in [0.3, 0.4) is 0 Å². The van der Waals surface area contributed by atoms with Gasteiger partial charge in [0.1, 0.15) is 0 Å². The van der Waals surface area contributed by atoms with Crippen LogP contribution in [0.2, 0.25) is 0 Å². The molecule has 9 aliphatic rings. The number of hydrogen-bond acceptors (Lipinski definition) is 3. The second kappa shape index (κ2) is 12.0. The number of anilines is 2. The van der Waals surface area contributed by atoms with Crippen molar-refractivity contribution in [3.63, 3.8) is 0 Å². The van der Waals surface area contributed by atoms with Crippen LogP contribution in [0, 0.1) is 5.92 Å². The van der Waals surface area contributed by atoms with E-state index in [1.165, 1.54) is 83.5 Å². The predicted molar refractivity (Wildman–Crippen MR) is 212 cm³/mol. The Bertz CT molecular complexity index is 2060. The van der Waals surface area contributed by atoms with Gasteiger partial charge in [0.05, 0.1) is 12.1 Å². The van der Waals surface area contributed by atoms with Gasteiger partial charge in [0, 0.05) is 64.7 Å². The summed E-state index contributed by atoms with van der Waals surface area (Å²) < 4.78 is 0. The van der Waals surface area contributed by atoms with Gasteiger partial charge in [-0.3, -0.25) is 0 Å². The molecule has 0 saturated heterocycles. The molecule has 0 radical (unpaired) electrons. The lowest BCUT2D eigenvalue weighted by atomic mass is 9.83. The Labute approximate surface area is 304 Å². The molecule has 256 valence electrons. The van der Waals surface area contributed by atoms with Gasteiger partial charge in [-0.2, -0.15) is 0 Å². The zero-order valence-electron chi connectivity index (χ0n) is 29.7. The van der Waals surface area contributed by atoms with E-state index in [2.05, 4.69) is 136 Å². The molecule has 3 aliphatic heterocycles. The molecule has 6 aliphatic carbocycles. The number of hydrogen-bond donors (Lipinski definition) is 0. The van der Waals surface area contributed by atoms with Gasteiger partial charge in [0.2, 0.25) is 0 Å². The standard InChI is InChI=1S/C48H49N3/c1-3-13-34(14-4-1)49-44-21-11-8-18-38(44)41-29-32(23-27-46(41)49)33-24-28-47-42(30-33)39-19-9-12-22-45(39)51(47)36-25-26-40-37-17-7-10-20-43(37)50(48(40)31-36)35-15-5-2-6-16-35/h1-3,5,8-10,13,15,18-20,23-30,36-39,43-45H,4,6-7,11-12,14,16-17,21-22,31H2. The van der Waals surface area contributed by atoms with Crippen LogP contribution in [0.5, 0.6) is 0 Å². The molecule has 0 bridgehead atoms. The highest BCUT2D eigenvalue weighted by Crippen LogP contribution is 2.53. The molecule has 3 nitrogen and oxygen atoms in total. The molecule has 0 spiro atoms. The third-order valence-corrected chi connectivity index (χ3v) is 13.7. The van der Waals surface area contributed by atoms with E-state index in [1.54, 1.807) is 11.3 Å². The van der Waals surface area contributed by atoms with Crippen LogP contribution < -0.4 is 9.80 Å². The Kier molecular flexibility index (Phi) is 7.12.